The minimum atomic E-state index is -0.239. The van der Waals surface area contributed by atoms with Gasteiger partial charge >= 0.3 is 0 Å². The summed E-state index contributed by atoms with van der Waals surface area (Å²) in [5, 5.41) is 9.33. The Hall–Kier alpha value is -1.51. The standard InChI is InChI=1S/C19H32N4O2.HI/c1-6-20-18(22-14-17(24)23-19(2,3)4)21-13-7-8-15-9-11-16(25-5)12-10-15;/h9-12H,6-8,13-14H2,1-5H3,(H,23,24)(H2,20,21,22);1H. The van der Waals surface area contributed by atoms with E-state index in [9.17, 15) is 4.79 Å². The molecule has 0 atom stereocenters. The molecule has 0 aromatic heterocycles. The highest BCUT2D eigenvalue weighted by Gasteiger charge is 2.13. The van der Waals surface area contributed by atoms with Crippen LogP contribution in [0.4, 0.5) is 0 Å². The number of methoxy groups -OCH3 is 1. The van der Waals surface area contributed by atoms with Crippen LogP contribution >= 0.6 is 24.0 Å². The highest BCUT2D eigenvalue weighted by Crippen LogP contribution is 2.12. The van der Waals surface area contributed by atoms with Crippen LogP contribution in [0, 0.1) is 0 Å². The molecule has 0 aliphatic rings. The summed E-state index contributed by atoms with van der Waals surface area (Å²) in [6.07, 6.45) is 1.95. The second-order valence-corrected chi connectivity index (χ2v) is 6.87. The lowest BCUT2D eigenvalue weighted by Crippen LogP contribution is -2.43. The van der Waals surface area contributed by atoms with Crippen LogP contribution in [0.15, 0.2) is 29.3 Å². The number of nitrogens with one attached hydrogen (secondary N) is 3. The van der Waals surface area contributed by atoms with Gasteiger partial charge in [-0.3, -0.25) is 4.79 Å². The summed E-state index contributed by atoms with van der Waals surface area (Å²) in [7, 11) is 1.67. The minimum absolute atomic E-state index is 0. The Bertz CT molecular complexity index is 554. The van der Waals surface area contributed by atoms with Crippen molar-refractivity contribution >= 4 is 35.8 Å². The third-order valence-electron chi connectivity index (χ3n) is 3.33. The van der Waals surface area contributed by atoms with Crippen molar-refractivity contribution < 1.29 is 9.53 Å². The second-order valence-electron chi connectivity index (χ2n) is 6.87. The summed E-state index contributed by atoms with van der Waals surface area (Å²) in [6.45, 7) is 9.53. The molecule has 0 unspecified atom stereocenters. The predicted molar refractivity (Wildman–Crippen MR) is 119 cm³/mol. The Morgan fingerprint density at radius 2 is 1.81 bits per heavy atom. The molecule has 6 nitrogen and oxygen atoms in total. The van der Waals surface area contributed by atoms with E-state index in [0.29, 0.717) is 5.96 Å². The van der Waals surface area contributed by atoms with Crippen molar-refractivity contribution in [3.05, 3.63) is 29.8 Å². The predicted octanol–water partition coefficient (Wildman–Crippen LogP) is 2.72. The summed E-state index contributed by atoms with van der Waals surface area (Å²) in [5.41, 5.74) is 1.03. The lowest BCUT2D eigenvalue weighted by molar-refractivity contribution is -0.121. The average molecular weight is 476 g/mol. The number of carbonyl (C=O) groups is 1. The molecule has 3 N–H and O–H groups in total. The van der Waals surface area contributed by atoms with Crippen LogP contribution in [0.1, 0.15) is 39.7 Å². The zero-order valence-electron chi connectivity index (χ0n) is 16.5. The van der Waals surface area contributed by atoms with Gasteiger partial charge in [-0.05, 0) is 58.2 Å². The van der Waals surface area contributed by atoms with Crippen LogP contribution in [0.3, 0.4) is 0 Å². The fourth-order valence-electron chi connectivity index (χ4n) is 2.24. The van der Waals surface area contributed by atoms with E-state index in [-0.39, 0.29) is 42.0 Å². The summed E-state index contributed by atoms with van der Waals surface area (Å²) >= 11 is 0. The Morgan fingerprint density at radius 1 is 1.15 bits per heavy atom. The number of aryl methyl sites for hydroxylation is 1. The molecule has 1 amide bonds. The van der Waals surface area contributed by atoms with Gasteiger partial charge in [0, 0.05) is 18.6 Å². The van der Waals surface area contributed by atoms with Crippen molar-refractivity contribution in [2.75, 3.05) is 26.7 Å². The number of nitrogens with zero attached hydrogens (tertiary/aromatic N) is 1. The van der Waals surface area contributed by atoms with E-state index in [4.69, 9.17) is 4.74 Å². The fourth-order valence-corrected chi connectivity index (χ4v) is 2.24. The highest BCUT2D eigenvalue weighted by molar-refractivity contribution is 14.0. The Kier molecular flexibility index (Phi) is 12.0. The SMILES string of the molecule is CCNC(=NCC(=O)NC(C)(C)C)NCCCc1ccc(OC)cc1.I. The largest absolute Gasteiger partial charge is 0.497 e. The zero-order chi connectivity index (χ0) is 18.7. The summed E-state index contributed by atoms with van der Waals surface area (Å²) in [4.78, 5) is 16.2. The van der Waals surface area contributed by atoms with E-state index >= 15 is 0 Å². The maximum Gasteiger partial charge on any atom is 0.242 e. The number of ether oxygens (including phenoxy) is 1. The summed E-state index contributed by atoms with van der Waals surface area (Å²) < 4.78 is 5.16. The van der Waals surface area contributed by atoms with Crippen molar-refractivity contribution in [3.8, 4) is 5.75 Å². The molecule has 0 radical (unpaired) electrons. The number of hydrogen-bond acceptors (Lipinski definition) is 3. The first-order chi connectivity index (χ1) is 11.8. The van der Waals surface area contributed by atoms with Crippen molar-refractivity contribution in [1.82, 2.24) is 16.0 Å². The third kappa shape index (κ3) is 11.2. The van der Waals surface area contributed by atoms with E-state index < -0.39 is 0 Å². The second kappa shape index (κ2) is 12.8. The van der Waals surface area contributed by atoms with Crippen molar-refractivity contribution in [2.24, 2.45) is 4.99 Å². The number of amides is 1. The average Bonchev–Trinajstić information content (AvgIpc) is 2.55. The monoisotopic (exact) mass is 476 g/mol. The smallest absolute Gasteiger partial charge is 0.242 e. The molecule has 1 aromatic carbocycles. The molecule has 148 valence electrons. The number of hydrogen-bond donors (Lipinski definition) is 3. The van der Waals surface area contributed by atoms with Gasteiger partial charge in [-0.15, -0.1) is 24.0 Å². The van der Waals surface area contributed by atoms with E-state index in [1.54, 1.807) is 7.11 Å². The van der Waals surface area contributed by atoms with Crippen LogP contribution in [0.25, 0.3) is 0 Å². The summed E-state index contributed by atoms with van der Waals surface area (Å²) in [5.74, 6) is 1.46. The Labute approximate surface area is 174 Å². The van der Waals surface area contributed by atoms with Gasteiger partial charge in [0.25, 0.3) is 0 Å². The molecule has 0 aliphatic carbocycles. The number of benzene rings is 1. The van der Waals surface area contributed by atoms with Gasteiger partial charge in [-0.25, -0.2) is 4.99 Å². The lowest BCUT2D eigenvalue weighted by Gasteiger charge is -2.20. The van der Waals surface area contributed by atoms with Gasteiger partial charge in [-0.1, -0.05) is 12.1 Å². The van der Waals surface area contributed by atoms with Crippen LogP contribution in [0.2, 0.25) is 0 Å². The molecular weight excluding hydrogens is 443 g/mol. The first-order valence-electron chi connectivity index (χ1n) is 8.80. The van der Waals surface area contributed by atoms with Gasteiger partial charge in [-0.2, -0.15) is 0 Å². The maximum atomic E-state index is 11.9. The van der Waals surface area contributed by atoms with Crippen molar-refractivity contribution in [2.45, 2.75) is 46.1 Å². The number of rotatable bonds is 8. The zero-order valence-corrected chi connectivity index (χ0v) is 18.8. The summed E-state index contributed by atoms with van der Waals surface area (Å²) in [6, 6.07) is 8.11. The highest BCUT2D eigenvalue weighted by atomic mass is 127. The number of aliphatic imine (C=N–C) groups is 1. The van der Waals surface area contributed by atoms with Gasteiger partial charge in [0.15, 0.2) is 5.96 Å². The molecular formula is C19H33IN4O2. The molecule has 0 aliphatic heterocycles. The van der Waals surface area contributed by atoms with Crippen LogP contribution in [-0.2, 0) is 11.2 Å². The molecule has 26 heavy (non-hydrogen) atoms. The van der Waals surface area contributed by atoms with E-state index in [2.05, 4.69) is 33.1 Å². The molecule has 0 spiro atoms. The van der Waals surface area contributed by atoms with E-state index in [0.717, 1.165) is 31.7 Å². The molecule has 0 fully saturated rings. The molecule has 0 heterocycles. The lowest BCUT2D eigenvalue weighted by atomic mass is 10.1. The number of guanidine groups is 1. The normalized spacial score (nSPS) is 11.3. The van der Waals surface area contributed by atoms with Gasteiger partial charge in [0.1, 0.15) is 12.3 Å². The van der Waals surface area contributed by atoms with Crippen molar-refractivity contribution in [1.29, 1.82) is 0 Å². The van der Waals surface area contributed by atoms with Crippen LogP contribution in [-0.4, -0.2) is 44.1 Å². The topological polar surface area (TPSA) is 74.8 Å². The first-order valence-corrected chi connectivity index (χ1v) is 8.80. The third-order valence-corrected chi connectivity index (χ3v) is 3.33. The Balaban J connectivity index is 0.00000625. The van der Waals surface area contributed by atoms with Crippen LogP contribution < -0.4 is 20.7 Å². The van der Waals surface area contributed by atoms with E-state index in [1.807, 2.05) is 39.8 Å². The fraction of sp³-hybridized carbons (Fsp3) is 0.579. The molecule has 1 aromatic rings. The van der Waals surface area contributed by atoms with Gasteiger partial charge < -0.3 is 20.7 Å². The Morgan fingerprint density at radius 3 is 2.35 bits per heavy atom. The quantitative estimate of drug-likeness (QED) is 0.234. The molecule has 0 bridgehead atoms. The van der Waals surface area contributed by atoms with Gasteiger partial charge in [0.2, 0.25) is 5.91 Å². The number of halogens is 1. The van der Waals surface area contributed by atoms with E-state index in [1.165, 1.54) is 5.56 Å². The van der Waals surface area contributed by atoms with Crippen molar-refractivity contribution in [3.63, 3.8) is 0 Å². The maximum absolute atomic E-state index is 11.9. The molecule has 1 rings (SSSR count). The van der Waals surface area contributed by atoms with Crippen LogP contribution in [0.5, 0.6) is 5.75 Å². The minimum Gasteiger partial charge on any atom is -0.497 e. The first kappa shape index (κ1) is 24.5. The molecule has 0 saturated carbocycles. The number of carbonyl (C=O) groups excluding carboxylic acids is 1. The molecule has 7 heteroatoms. The molecule has 0 saturated heterocycles. The van der Waals surface area contributed by atoms with Gasteiger partial charge in [0.05, 0.1) is 7.11 Å².